The van der Waals surface area contributed by atoms with Gasteiger partial charge in [-0.3, -0.25) is 33.6 Å². The standard InChI is InChI=1S/C55H75N7O17/c1-5-6-7-8-9-10-23-79-37-21-17-32(18-22-37)31-11-13-34(14-12-31)48(71)56-38-25-40(67)51(74)60-53(76)44-45(68)28(2)26-62(44)55(78)42(30(4)64)58-52(75)43(47(70)46(69)33-15-19-35(65)20-16-33)59-50(73)39-24-36(66)27-61(39)54(77)41(29(3)63)57-49(38)72/h11-22,28-30,36,38-47,51,63-70,74H,5-10,23-27H2,1-4H3,(H,56,71)(H,57,72)(H,58,75)(H,59,73)(H,60,76)/t28-,29+,30+,36+,38-,39-,40+,41-,42-,43-,44-,45-,46-,47-,51+/m0/s1. The van der Waals surface area contributed by atoms with Gasteiger partial charge in [-0.2, -0.15) is 0 Å². The van der Waals surface area contributed by atoms with Crippen LogP contribution < -0.4 is 31.3 Å². The monoisotopic (exact) mass is 1110 g/mol. The van der Waals surface area contributed by atoms with Gasteiger partial charge in [0.15, 0.2) is 6.23 Å². The molecule has 7 amide bonds. The zero-order valence-corrected chi connectivity index (χ0v) is 44.6. The van der Waals surface area contributed by atoms with Gasteiger partial charge in [-0.15, -0.1) is 0 Å². The van der Waals surface area contributed by atoms with Crippen LogP contribution in [-0.2, 0) is 28.8 Å². The van der Waals surface area contributed by atoms with Crippen molar-refractivity contribution in [3.63, 3.8) is 0 Å². The highest BCUT2D eigenvalue weighted by Crippen LogP contribution is 2.29. The molecule has 0 spiro atoms. The maximum Gasteiger partial charge on any atom is 0.251 e. The smallest absolute Gasteiger partial charge is 0.251 e. The minimum atomic E-state index is -2.29. The number of aromatic hydroxyl groups is 1. The summed E-state index contributed by atoms with van der Waals surface area (Å²) in [6, 6.07) is 6.66. The number of ether oxygens (including phenoxy) is 1. The van der Waals surface area contributed by atoms with Crippen LogP contribution in [-0.4, -0.2) is 196 Å². The quantitative estimate of drug-likeness (QED) is 0.0732. The zero-order chi connectivity index (χ0) is 57.8. The zero-order valence-electron chi connectivity index (χ0n) is 44.6. The van der Waals surface area contributed by atoms with Crippen molar-refractivity contribution in [2.75, 3.05) is 19.7 Å². The largest absolute Gasteiger partial charge is 0.508 e. The van der Waals surface area contributed by atoms with Crippen LogP contribution in [0.1, 0.15) is 101 Å². The molecule has 79 heavy (non-hydrogen) atoms. The molecule has 0 unspecified atom stereocenters. The van der Waals surface area contributed by atoms with E-state index in [2.05, 4.69) is 33.5 Å². The van der Waals surface area contributed by atoms with Gasteiger partial charge < -0.3 is 87.1 Å². The second-order valence-corrected chi connectivity index (χ2v) is 20.8. The molecule has 432 valence electrons. The number of rotatable bonds is 16. The average Bonchev–Trinajstić information content (AvgIpc) is 3.97. The van der Waals surface area contributed by atoms with Crippen LogP contribution in [0.15, 0.2) is 72.8 Å². The Balaban J connectivity index is 1.31. The number of hydrogen-bond donors (Lipinski definition) is 14. The number of fused-ring (bicyclic) bond motifs is 2. The van der Waals surface area contributed by atoms with Gasteiger partial charge in [0.1, 0.15) is 66.1 Å². The van der Waals surface area contributed by atoms with Crippen molar-refractivity contribution in [1.82, 2.24) is 36.4 Å². The molecule has 3 aromatic rings. The highest BCUT2D eigenvalue weighted by molar-refractivity contribution is 6.00. The fourth-order valence-electron chi connectivity index (χ4n) is 9.90. The van der Waals surface area contributed by atoms with Gasteiger partial charge in [0, 0.05) is 37.4 Å². The topological polar surface area (TPSA) is 377 Å². The fourth-order valence-corrected chi connectivity index (χ4v) is 9.90. The molecule has 3 fully saturated rings. The van der Waals surface area contributed by atoms with Gasteiger partial charge in [-0.25, -0.2) is 0 Å². The Morgan fingerprint density at radius 2 is 1.22 bits per heavy atom. The lowest BCUT2D eigenvalue weighted by Gasteiger charge is -2.34. The van der Waals surface area contributed by atoms with Gasteiger partial charge in [0.25, 0.3) is 5.91 Å². The summed E-state index contributed by atoms with van der Waals surface area (Å²) in [5.74, 6) is -8.73. The lowest BCUT2D eigenvalue weighted by molar-refractivity contribution is -0.148. The van der Waals surface area contributed by atoms with Crippen molar-refractivity contribution in [2.24, 2.45) is 5.92 Å². The second-order valence-electron chi connectivity index (χ2n) is 20.8. The molecule has 6 rings (SSSR count). The van der Waals surface area contributed by atoms with E-state index in [1.54, 1.807) is 12.1 Å². The SMILES string of the molecule is CCCCCCCCOc1ccc(-c2ccc(C(=O)N[C@H]3C[C@@H](O)[C@@H](O)NC(=O)[C@@H]4[C@@H](O)[C@@H](C)CN4C(=O)[C@H]([C@@H](C)O)NC(=O)[C@H]([C@H](O)[C@@H](O)c4ccc(O)cc4)NC(=O)[C@@H]4C[C@@H](O)CN4C(=O)[C@H]([C@@H](C)O)NC3=O)cc2)cc1. The predicted octanol–water partition coefficient (Wildman–Crippen LogP) is -1.42. The van der Waals surface area contributed by atoms with Gasteiger partial charge in [-0.05, 0) is 73.4 Å². The highest BCUT2D eigenvalue weighted by Gasteiger charge is 2.50. The molecular formula is C55H75N7O17. The van der Waals surface area contributed by atoms with E-state index in [1.807, 2.05) is 24.3 Å². The first-order chi connectivity index (χ1) is 37.5. The van der Waals surface area contributed by atoms with Crippen molar-refractivity contribution in [2.45, 2.75) is 164 Å². The number of phenolic OH excluding ortho intramolecular Hbond substituents is 1. The van der Waals surface area contributed by atoms with Crippen molar-refractivity contribution >= 4 is 41.4 Å². The summed E-state index contributed by atoms with van der Waals surface area (Å²) in [6.45, 7) is 5.46. The third kappa shape index (κ3) is 15.5. The molecule has 3 heterocycles. The average molecular weight is 1110 g/mol. The first-order valence-corrected chi connectivity index (χ1v) is 26.7. The number of nitrogens with zero attached hydrogens (tertiary/aromatic N) is 2. The van der Waals surface area contributed by atoms with Crippen molar-refractivity contribution < 1.29 is 84.3 Å². The van der Waals surface area contributed by atoms with Crippen LogP contribution >= 0.6 is 0 Å². The number of aliphatic hydroxyl groups excluding tert-OH is 8. The minimum absolute atomic E-state index is 0.0146. The third-order valence-corrected chi connectivity index (χ3v) is 14.6. The Morgan fingerprint density at radius 3 is 1.82 bits per heavy atom. The predicted molar refractivity (Wildman–Crippen MR) is 282 cm³/mol. The van der Waals surface area contributed by atoms with E-state index in [0.29, 0.717) is 17.9 Å². The number of phenols is 1. The molecule has 24 heteroatoms. The third-order valence-electron chi connectivity index (χ3n) is 14.6. The fraction of sp³-hybridized carbons (Fsp3) is 0.545. The number of carbonyl (C=O) groups excluding carboxylic acids is 7. The van der Waals surface area contributed by atoms with Crippen LogP contribution in [0.2, 0.25) is 0 Å². The lowest BCUT2D eigenvalue weighted by atomic mass is 9.96. The molecule has 0 radical (unpaired) electrons. The summed E-state index contributed by atoms with van der Waals surface area (Å²) in [6.07, 6.45) is -9.96. The maximum absolute atomic E-state index is 14.4. The Morgan fingerprint density at radius 1 is 0.658 bits per heavy atom. The molecule has 0 aromatic heterocycles. The van der Waals surface area contributed by atoms with E-state index < -0.39 is 152 Å². The summed E-state index contributed by atoms with van der Waals surface area (Å²) in [4.78, 5) is 101. The number of aliphatic hydroxyl groups is 8. The van der Waals surface area contributed by atoms with Gasteiger partial charge in [0.2, 0.25) is 35.4 Å². The van der Waals surface area contributed by atoms with Crippen molar-refractivity contribution in [1.29, 1.82) is 0 Å². The summed E-state index contributed by atoms with van der Waals surface area (Å²) in [5, 5.41) is 111. The van der Waals surface area contributed by atoms with E-state index in [-0.39, 0.29) is 23.4 Å². The highest BCUT2D eigenvalue weighted by atomic mass is 16.5. The molecule has 0 aliphatic carbocycles. The van der Waals surface area contributed by atoms with E-state index in [9.17, 15) is 79.5 Å². The molecule has 14 N–H and O–H groups in total. The lowest BCUT2D eigenvalue weighted by Crippen LogP contribution is -2.64. The second kappa shape index (κ2) is 27.9. The number of benzene rings is 3. The Kier molecular flexibility index (Phi) is 21.7. The number of amides is 7. The molecular weight excluding hydrogens is 1030 g/mol. The first kappa shape index (κ1) is 61.4. The van der Waals surface area contributed by atoms with Crippen molar-refractivity contribution in [3.05, 3.63) is 83.9 Å². The van der Waals surface area contributed by atoms with E-state index in [0.717, 1.165) is 60.6 Å². The van der Waals surface area contributed by atoms with Gasteiger partial charge >= 0.3 is 0 Å². The molecule has 3 aromatic carbocycles. The van der Waals surface area contributed by atoms with E-state index in [4.69, 9.17) is 4.74 Å². The van der Waals surface area contributed by atoms with Crippen LogP contribution in [0.3, 0.4) is 0 Å². The van der Waals surface area contributed by atoms with Crippen LogP contribution in [0.4, 0.5) is 0 Å². The minimum Gasteiger partial charge on any atom is -0.508 e. The molecule has 3 aliphatic rings. The van der Waals surface area contributed by atoms with Crippen molar-refractivity contribution in [3.8, 4) is 22.6 Å². The number of nitrogens with one attached hydrogen (secondary N) is 5. The summed E-state index contributed by atoms with van der Waals surface area (Å²) in [7, 11) is 0. The summed E-state index contributed by atoms with van der Waals surface area (Å²) in [5.41, 5.74) is 1.45. The molecule has 3 aliphatic heterocycles. The summed E-state index contributed by atoms with van der Waals surface area (Å²) >= 11 is 0. The first-order valence-electron chi connectivity index (χ1n) is 26.7. The normalized spacial score (nSPS) is 28.2. The van der Waals surface area contributed by atoms with Gasteiger partial charge in [0.05, 0.1) is 31.0 Å². The molecule has 24 nitrogen and oxygen atoms in total. The molecule has 15 atom stereocenters. The molecule has 3 saturated heterocycles. The number of unbranched alkanes of at least 4 members (excludes halogenated alkanes) is 5. The Hall–Kier alpha value is -6.77. The summed E-state index contributed by atoms with van der Waals surface area (Å²) < 4.78 is 5.91. The van der Waals surface area contributed by atoms with Crippen LogP contribution in [0.5, 0.6) is 11.5 Å². The van der Waals surface area contributed by atoms with Crippen LogP contribution in [0.25, 0.3) is 11.1 Å². The van der Waals surface area contributed by atoms with E-state index in [1.165, 1.54) is 50.5 Å². The van der Waals surface area contributed by atoms with Gasteiger partial charge in [-0.1, -0.05) is 82.3 Å². The van der Waals surface area contributed by atoms with E-state index >= 15 is 0 Å². The number of carbonyl (C=O) groups is 7. The number of hydrogen-bond acceptors (Lipinski definition) is 17. The molecule has 0 saturated carbocycles. The Bertz CT molecular complexity index is 2570. The Labute approximate surface area is 457 Å². The maximum atomic E-state index is 14.4. The van der Waals surface area contributed by atoms with Crippen LogP contribution in [0, 0.1) is 5.92 Å². The molecule has 0 bridgehead atoms.